The molecule has 5 heteroatoms. The van der Waals surface area contributed by atoms with Crippen LogP contribution in [0.1, 0.15) is 42.2 Å². The summed E-state index contributed by atoms with van der Waals surface area (Å²) < 4.78 is 1.90. The van der Waals surface area contributed by atoms with Crippen molar-refractivity contribution in [1.82, 2.24) is 20.1 Å². The first-order valence-corrected chi connectivity index (χ1v) is 6.61. The van der Waals surface area contributed by atoms with E-state index in [1.807, 2.05) is 29.5 Å². The van der Waals surface area contributed by atoms with Gasteiger partial charge >= 0.3 is 0 Å². The van der Waals surface area contributed by atoms with Crippen molar-refractivity contribution in [3.8, 4) is 0 Å². The molecule has 0 saturated heterocycles. The highest BCUT2D eigenvalue weighted by Crippen LogP contribution is 2.22. The molecule has 0 aliphatic carbocycles. The maximum absolute atomic E-state index is 4.33. The molecule has 0 fully saturated rings. The molecule has 0 spiro atoms. The summed E-state index contributed by atoms with van der Waals surface area (Å²) in [6.07, 6.45) is 3.78. The average Bonchev–Trinajstić information content (AvgIpc) is 2.90. The summed E-state index contributed by atoms with van der Waals surface area (Å²) >= 11 is 1.68. The Kier molecular flexibility index (Phi) is 3.59. The monoisotopic (exact) mass is 250 g/mol. The van der Waals surface area contributed by atoms with Gasteiger partial charge in [-0.1, -0.05) is 0 Å². The zero-order valence-electron chi connectivity index (χ0n) is 10.6. The van der Waals surface area contributed by atoms with Crippen molar-refractivity contribution in [1.29, 1.82) is 0 Å². The van der Waals surface area contributed by atoms with Gasteiger partial charge in [-0.3, -0.25) is 4.68 Å². The Morgan fingerprint density at radius 3 is 2.65 bits per heavy atom. The second-order valence-electron chi connectivity index (χ2n) is 4.29. The average molecular weight is 250 g/mol. The highest BCUT2D eigenvalue weighted by atomic mass is 32.1. The van der Waals surface area contributed by atoms with E-state index in [0.29, 0.717) is 0 Å². The third kappa shape index (κ3) is 2.56. The quantitative estimate of drug-likeness (QED) is 0.907. The van der Waals surface area contributed by atoms with Gasteiger partial charge in [-0.2, -0.15) is 5.10 Å². The molecule has 0 aliphatic rings. The van der Waals surface area contributed by atoms with Crippen LogP contribution in [-0.4, -0.2) is 14.8 Å². The van der Waals surface area contributed by atoms with E-state index < -0.39 is 0 Å². The highest BCUT2D eigenvalue weighted by molar-refractivity contribution is 7.09. The predicted octanol–water partition coefficient (Wildman–Crippen LogP) is 2.60. The third-order valence-corrected chi connectivity index (χ3v) is 4.02. The van der Waals surface area contributed by atoms with Crippen molar-refractivity contribution in [3.63, 3.8) is 0 Å². The minimum atomic E-state index is 0.268. The van der Waals surface area contributed by atoms with E-state index in [9.17, 15) is 0 Å². The molecule has 0 amide bonds. The number of aromatic nitrogens is 3. The van der Waals surface area contributed by atoms with Crippen LogP contribution >= 0.6 is 11.3 Å². The first-order chi connectivity index (χ1) is 8.09. The summed E-state index contributed by atoms with van der Waals surface area (Å²) in [6.45, 7) is 6.39. The molecule has 2 unspecified atom stereocenters. The zero-order chi connectivity index (χ0) is 12.4. The van der Waals surface area contributed by atoms with Crippen LogP contribution in [0.3, 0.4) is 0 Å². The summed E-state index contributed by atoms with van der Waals surface area (Å²) in [5, 5.41) is 10.9. The second-order valence-corrected chi connectivity index (χ2v) is 5.22. The van der Waals surface area contributed by atoms with Gasteiger partial charge in [-0.05, 0) is 20.8 Å². The Labute approximate surface area is 106 Å². The third-order valence-electron chi connectivity index (χ3n) is 3.06. The van der Waals surface area contributed by atoms with Crippen LogP contribution in [0.15, 0.2) is 17.8 Å². The standard InChI is InChI=1S/C12H18N4S/c1-8(11-7-14-16(4)10(11)3)15-9(2)12-13-5-6-17-12/h5-9,15H,1-4H3. The molecule has 0 saturated carbocycles. The largest absolute Gasteiger partial charge is 0.301 e. The fourth-order valence-electron chi connectivity index (χ4n) is 1.93. The molecule has 2 rings (SSSR count). The number of hydrogen-bond donors (Lipinski definition) is 1. The Hall–Kier alpha value is -1.20. The van der Waals surface area contributed by atoms with Gasteiger partial charge in [0.15, 0.2) is 0 Å². The molecule has 0 aromatic carbocycles. The molecule has 2 atom stereocenters. The van der Waals surface area contributed by atoms with Crippen LogP contribution in [0, 0.1) is 6.92 Å². The van der Waals surface area contributed by atoms with Gasteiger partial charge in [0.2, 0.25) is 0 Å². The summed E-state index contributed by atoms with van der Waals surface area (Å²) in [5.74, 6) is 0. The normalized spacial score (nSPS) is 14.8. The highest BCUT2D eigenvalue weighted by Gasteiger charge is 2.16. The molecule has 17 heavy (non-hydrogen) atoms. The minimum Gasteiger partial charge on any atom is -0.301 e. The maximum Gasteiger partial charge on any atom is 0.109 e. The summed E-state index contributed by atoms with van der Waals surface area (Å²) in [7, 11) is 1.97. The Balaban J connectivity index is 2.07. The number of rotatable bonds is 4. The molecular formula is C12H18N4S. The first-order valence-electron chi connectivity index (χ1n) is 5.73. The van der Waals surface area contributed by atoms with E-state index in [1.165, 1.54) is 11.3 Å². The van der Waals surface area contributed by atoms with Crippen molar-refractivity contribution in [2.24, 2.45) is 7.05 Å². The van der Waals surface area contributed by atoms with Crippen molar-refractivity contribution in [2.75, 3.05) is 0 Å². The smallest absolute Gasteiger partial charge is 0.109 e. The summed E-state index contributed by atoms with van der Waals surface area (Å²) in [6, 6.07) is 0.548. The first kappa shape index (κ1) is 12.3. The van der Waals surface area contributed by atoms with Crippen LogP contribution < -0.4 is 5.32 Å². The van der Waals surface area contributed by atoms with Crippen molar-refractivity contribution >= 4 is 11.3 Å². The van der Waals surface area contributed by atoms with E-state index in [1.54, 1.807) is 11.3 Å². The lowest BCUT2D eigenvalue weighted by molar-refractivity contribution is 0.491. The molecule has 0 bridgehead atoms. The number of hydrogen-bond acceptors (Lipinski definition) is 4. The van der Waals surface area contributed by atoms with Crippen molar-refractivity contribution < 1.29 is 0 Å². The molecule has 2 aromatic heterocycles. The lowest BCUT2D eigenvalue weighted by Crippen LogP contribution is -2.22. The Morgan fingerprint density at radius 2 is 2.12 bits per heavy atom. The van der Waals surface area contributed by atoms with Crippen molar-refractivity contribution in [2.45, 2.75) is 32.9 Å². The molecule has 92 valence electrons. The maximum atomic E-state index is 4.33. The Bertz CT molecular complexity index is 475. The van der Waals surface area contributed by atoms with Gasteiger partial charge < -0.3 is 5.32 Å². The number of nitrogens with one attached hydrogen (secondary N) is 1. The van der Waals surface area contributed by atoms with Crippen LogP contribution in [0.4, 0.5) is 0 Å². The SMILES string of the molecule is Cc1c(C(C)NC(C)c2nccs2)cnn1C. The van der Waals surface area contributed by atoms with Crippen molar-refractivity contribution in [3.05, 3.63) is 34.0 Å². The van der Waals surface area contributed by atoms with Gasteiger partial charge in [-0.25, -0.2) is 4.98 Å². The number of aryl methyl sites for hydroxylation is 1. The molecule has 0 aliphatic heterocycles. The lowest BCUT2D eigenvalue weighted by atomic mass is 10.1. The van der Waals surface area contributed by atoms with E-state index in [0.717, 1.165) is 5.01 Å². The Morgan fingerprint density at radius 1 is 1.35 bits per heavy atom. The number of thiazole rings is 1. The molecular weight excluding hydrogens is 232 g/mol. The van der Waals surface area contributed by atoms with Gasteiger partial charge in [0.05, 0.1) is 12.2 Å². The van der Waals surface area contributed by atoms with Gasteiger partial charge in [-0.15, -0.1) is 11.3 Å². The van der Waals surface area contributed by atoms with Crippen LogP contribution in [-0.2, 0) is 7.05 Å². The minimum absolute atomic E-state index is 0.268. The molecule has 1 N–H and O–H groups in total. The second kappa shape index (κ2) is 4.98. The van der Waals surface area contributed by atoms with Gasteiger partial charge in [0.1, 0.15) is 5.01 Å². The van der Waals surface area contributed by atoms with Crippen LogP contribution in [0.5, 0.6) is 0 Å². The summed E-state index contributed by atoms with van der Waals surface area (Å²) in [4.78, 5) is 4.33. The molecule has 4 nitrogen and oxygen atoms in total. The fourth-order valence-corrected chi connectivity index (χ4v) is 2.58. The topological polar surface area (TPSA) is 42.7 Å². The van der Waals surface area contributed by atoms with Crippen LogP contribution in [0.2, 0.25) is 0 Å². The molecule has 2 aromatic rings. The predicted molar refractivity (Wildman–Crippen MR) is 70.0 cm³/mol. The van der Waals surface area contributed by atoms with Gasteiger partial charge in [0, 0.05) is 35.9 Å². The van der Waals surface area contributed by atoms with Gasteiger partial charge in [0.25, 0.3) is 0 Å². The summed E-state index contributed by atoms with van der Waals surface area (Å²) in [5.41, 5.74) is 2.45. The van der Waals surface area contributed by atoms with Crippen LogP contribution in [0.25, 0.3) is 0 Å². The van der Waals surface area contributed by atoms with E-state index in [4.69, 9.17) is 0 Å². The van der Waals surface area contributed by atoms with E-state index >= 15 is 0 Å². The lowest BCUT2D eigenvalue weighted by Gasteiger charge is -2.18. The van der Waals surface area contributed by atoms with E-state index in [2.05, 4.69) is 36.2 Å². The zero-order valence-corrected chi connectivity index (χ0v) is 11.5. The number of nitrogens with zero attached hydrogens (tertiary/aromatic N) is 3. The molecule has 0 radical (unpaired) electrons. The fraction of sp³-hybridized carbons (Fsp3) is 0.500. The molecule has 2 heterocycles. The van der Waals surface area contributed by atoms with E-state index in [-0.39, 0.29) is 12.1 Å².